The zero-order valence-electron chi connectivity index (χ0n) is 17.0. The quantitative estimate of drug-likeness (QED) is 0.320. The van der Waals surface area contributed by atoms with Crippen LogP contribution in [0.15, 0.2) is 29.3 Å². The summed E-state index contributed by atoms with van der Waals surface area (Å²) in [5.41, 5.74) is 2.12. The normalized spacial score (nSPS) is 21.1. The fourth-order valence-electron chi connectivity index (χ4n) is 4.04. The molecule has 2 aliphatic rings. The van der Waals surface area contributed by atoms with Crippen LogP contribution in [0.1, 0.15) is 44.1 Å². The second-order valence-electron chi connectivity index (χ2n) is 7.84. The molecule has 156 valence electrons. The molecule has 2 heterocycles. The summed E-state index contributed by atoms with van der Waals surface area (Å²) in [6.45, 7) is 7.50. The van der Waals surface area contributed by atoms with E-state index in [1.54, 1.807) is 7.05 Å². The van der Waals surface area contributed by atoms with E-state index in [1.165, 1.54) is 37.9 Å². The molecule has 1 aromatic rings. The van der Waals surface area contributed by atoms with E-state index >= 15 is 0 Å². The Bertz CT molecular complexity index is 660. The summed E-state index contributed by atoms with van der Waals surface area (Å²) in [7, 11) is 1.80. The smallest absolute Gasteiger partial charge is 0.225 e. The van der Waals surface area contributed by atoms with Crippen molar-refractivity contribution in [3.8, 4) is 0 Å². The molecule has 2 atom stereocenters. The number of piperidine rings is 1. The third-order valence-electron chi connectivity index (χ3n) is 5.48. The number of aliphatic imine (C=N–C) groups is 1. The molecule has 3 N–H and O–H groups in total. The van der Waals surface area contributed by atoms with Gasteiger partial charge in [-0.2, -0.15) is 0 Å². The minimum atomic E-state index is 0. The highest BCUT2D eigenvalue weighted by atomic mass is 127. The molecule has 0 spiro atoms. The van der Waals surface area contributed by atoms with Gasteiger partial charge >= 0.3 is 0 Å². The number of benzene rings is 1. The lowest BCUT2D eigenvalue weighted by atomic mass is 9.90. The van der Waals surface area contributed by atoms with Crippen LogP contribution in [0.25, 0.3) is 0 Å². The molecule has 0 radical (unpaired) electrons. The molecular formula is C21H34IN5O. The van der Waals surface area contributed by atoms with Crippen molar-refractivity contribution in [3.63, 3.8) is 0 Å². The van der Waals surface area contributed by atoms with Crippen LogP contribution in [0.5, 0.6) is 0 Å². The van der Waals surface area contributed by atoms with Crippen molar-refractivity contribution in [2.45, 2.75) is 38.5 Å². The standard InChI is InChI=1S/C21H33N5O.HI/c1-16(15-26-10-6-3-7-11-26)13-23-21(22-2)24-14-17-12-20(27)25-19-9-5-4-8-18(17)19;/h4-5,8-9,16-17H,3,6-7,10-15H2,1-2H3,(H,25,27)(H2,22,23,24);1H. The number of para-hydroxylation sites is 1. The number of rotatable bonds is 6. The van der Waals surface area contributed by atoms with Crippen LogP contribution in [0.4, 0.5) is 5.69 Å². The molecule has 7 heteroatoms. The first-order valence-corrected chi connectivity index (χ1v) is 10.2. The Labute approximate surface area is 186 Å². The number of nitrogens with one attached hydrogen (secondary N) is 3. The second kappa shape index (κ2) is 11.6. The van der Waals surface area contributed by atoms with Crippen LogP contribution in [0, 0.1) is 5.92 Å². The average Bonchev–Trinajstić information content (AvgIpc) is 2.68. The van der Waals surface area contributed by atoms with E-state index in [2.05, 4.69) is 38.8 Å². The minimum Gasteiger partial charge on any atom is -0.356 e. The molecular weight excluding hydrogens is 465 g/mol. The molecule has 0 saturated carbocycles. The molecule has 0 aromatic heterocycles. The molecule has 28 heavy (non-hydrogen) atoms. The summed E-state index contributed by atoms with van der Waals surface area (Å²) in [5.74, 6) is 1.63. The molecule has 0 aliphatic carbocycles. The van der Waals surface area contributed by atoms with Gasteiger partial charge in [-0.05, 0) is 43.5 Å². The maximum Gasteiger partial charge on any atom is 0.225 e. The van der Waals surface area contributed by atoms with Gasteiger partial charge in [0.25, 0.3) is 0 Å². The van der Waals surface area contributed by atoms with E-state index in [1.807, 2.05) is 18.2 Å². The Morgan fingerprint density at radius 2 is 2.00 bits per heavy atom. The minimum absolute atomic E-state index is 0. The molecule has 3 rings (SSSR count). The van der Waals surface area contributed by atoms with Crippen LogP contribution in [-0.2, 0) is 4.79 Å². The van der Waals surface area contributed by atoms with Gasteiger partial charge in [0.15, 0.2) is 5.96 Å². The zero-order valence-corrected chi connectivity index (χ0v) is 19.4. The molecule has 1 saturated heterocycles. The number of guanidine groups is 1. The summed E-state index contributed by atoms with van der Waals surface area (Å²) >= 11 is 0. The average molecular weight is 499 g/mol. The van der Waals surface area contributed by atoms with Gasteiger partial charge in [-0.1, -0.05) is 31.5 Å². The fourth-order valence-corrected chi connectivity index (χ4v) is 4.04. The van der Waals surface area contributed by atoms with Crippen molar-refractivity contribution in [2.24, 2.45) is 10.9 Å². The lowest BCUT2D eigenvalue weighted by molar-refractivity contribution is -0.116. The maximum atomic E-state index is 12.0. The van der Waals surface area contributed by atoms with Crippen molar-refractivity contribution in [1.82, 2.24) is 15.5 Å². The number of carbonyl (C=O) groups is 1. The van der Waals surface area contributed by atoms with E-state index in [9.17, 15) is 4.79 Å². The molecule has 6 nitrogen and oxygen atoms in total. The lowest BCUT2D eigenvalue weighted by Gasteiger charge is -2.29. The Morgan fingerprint density at radius 1 is 1.25 bits per heavy atom. The third kappa shape index (κ3) is 6.62. The monoisotopic (exact) mass is 499 g/mol. The number of anilines is 1. The van der Waals surface area contributed by atoms with Gasteiger partial charge in [0, 0.05) is 44.7 Å². The van der Waals surface area contributed by atoms with Gasteiger partial charge in [-0.15, -0.1) is 24.0 Å². The summed E-state index contributed by atoms with van der Waals surface area (Å²) < 4.78 is 0. The van der Waals surface area contributed by atoms with Crippen LogP contribution in [0.2, 0.25) is 0 Å². The van der Waals surface area contributed by atoms with Crippen molar-refractivity contribution in [1.29, 1.82) is 0 Å². The number of hydrogen-bond donors (Lipinski definition) is 3. The van der Waals surface area contributed by atoms with E-state index in [4.69, 9.17) is 0 Å². The Hall–Kier alpha value is -1.35. The van der Waals surface area contributed by atoms with E-state index in [0.29, 0.717) is 18.9 Å². The van der Waals surface area contributed by atoms with Crippen LogP contribution in [0.3, 0.4) is 0 Å². The summed E-state index contributed by atoms with van der Waals surface area (Å²) in [6.07, 6.45) is 4.55. The van der Waals surface area contributed by atoms with Crippen molar-refractivity contribution in [2.75, 3.05) is 45.1 Å². The van der Waals surface area contributed by atoms with Crippen LogP contribution < -0.4 is 16.0 Å². The molecule has 1 amide bonds. The van der Waals surface area contributed by atoms with Gasteiger partial charge in [-0.25, -0.2) is 0 Å². The number of carbonyl (C=O) groups excluding carboxylic acids is 1. The lowest BCUT2D eigenvalue weighted by Crippen LogP contribution is -2.44. The first-order valence-electron chi connectivity index (χ1n) is 10.2. The first kappa shape index (κ1) is 22.9. The van der Waals surface area contributed by atoms with Gasteiger partial charge in [0.2, 0.25) is 5.91 Å². The number of fused-ring (bicyclic) bond motifs is 1. The van der Waals surface area contributed by atoms with Crippen LogP contribution in [-0.4, -0.2) is 56.5 Å². The number of hydrogen-bond acceptors (Lipinski definition) is 3. The largest absolute Gasteiger partial charge is 0.356 e. The predicted octanol–water partition coefficient (Wildman–Crippen LogP) is 3.02. The highest BCUT2D eigenvalue weighted by molar-refractivity contribution is 14.0. The Kier molecular flexibility index (Phi) is 9.50. The van der Waals surface area contributed by atoms with Gasteiger partial charge in [0.05, 0.1) is 0 Å². The third-order valence-corrected chi connectivity index (χ3v) is 5.48. The van der Waals surface area contributed by atoms with E-state index in [-0.39, 0.29) is 35.8 Å². The molecule has 2 unspecified atom stereocenters. The van der Waals surface area contributed by atoms with Crippen LogP contribution >= 0.6 is 24.0 Å². The Morgan fingerprint density at radius 3 is 2.75 bits per heavy atom. The predicted molar refractivity (Wildman–Crippen MR) is 127 cm³/mol. The van der Waals surface area contributed by atoms with E-state index < -0.39 is 0 Å². The highest BCUT2D eigenvalue weighted by Crippen LogP contribution is 2.31. The maximum absolute atomic E-state index is 12.0. The number of amides is 1. The number of nitrogens with zero attached hydrogens (tertiary/aromatic N) is 2. The highest BCUT2D eigenvalue weighted by Gasteiger charge is 2.24. The summed E-state index contributed by atoms with van der Waals surface area (Å²) in [6, 6.07) is 8.05. The molecule has 1 aromatic carbocycles. The van der Waals surface area contributed by atoms with Gasteiger partial charge in [-0.3, -0.25) is 9.79 Å². The first-order chi connectivity index (χ1) is 13.2. The topological polar surface area (TPSA) is 68.8 Å². The molecule has 1 fully saturated rings. The molecule has 2 aliphatic heterocycles. The van der Waals surface area contributed by atoms with Gasteiger partial charge in [0.1, 0.15) is 0 Å². The van der Waals surface area contributed by atoms with E-state index in [0.717, 1.165) is 24.7 Å². The summed E-state index contributed by atoms with van der Waals surface area (Å²) in [4.78, 5) is 18.9. The summed E-state index contributed by atoms with van der Waals surface area (Å²) in [5, 5.41) is 9.80. The van der Waals surface area contributed by atoms with Gasteiger partial charge < -0.3 is 20.9 Å². The van der Waals surface area contributed by atoms with Crippen molar-refractivity contribution >= 4 is 41.5 Å². The number of halogens is 1. The SMILES string of the molecule is CN=C(NCC(C)CN1CCCCC1)NCC1CC(=O)Nc2ccccc21.I. The van der Waals surface area contributed by atoms with Crippen molar-refractivity contribution in [3.05, 3.63) is 29.8 Å². The second-order valence-corrected chi connectivity index (χ2v) is 7.84. The molecule has 0 bridgehead atoms. The fraction of sp³-hybridized carbons (Fsp3) is 0.619. The Balaban J connectivity index is 0.00000280. The zero-order chi connectivity index (χ0) is 19.1. The van der Waals surface area contributed by atoms with Crippen molar-refractivity contribution < 1.29 is 4.79 Å². The number of likely N-dealkylation sites (tertiary alicyclic amines) is 1.